The van der Waals surface area contributed by atoms with Crippen molar-refractivity contribution in [1.82, 2.24) is 10.3 Å². The SMILES string of the molecule is CCC(C)(NC(=O)c1cccc(C)n1)C(=O)O. The predicted molar refractivity (Wildman–Crippen MR) is 62.8 cm³/mol. The van der Waals surface area contributed by atoms with E-state index >= 15 is 0 Å². The van der Waals surface area contributed by atoms with Gasteiger partial charge >= 0.3 is 5.97 Å². The van der Waals surface area contributed by atoms with Gasteiger partial charge in [0.05, 0.1) is 0 Å². The van der Waals surface area contributed by atoms with Gasteiger partial charge in [0, 0.05) is 5.69 Å². The molecule has 0 bridgehead atoms. The second-order valence-corrected chi connectivity index (χ2v) is 4.11. The van der Waals surface area contributed by atoms with E-state index in [0.29, 0.717) is 12.1 Å². The summed E-state index contributed by atoms with van der Waals surface area (Å²) < 4.78 is 0. The maximum Gasteiger partial charge on any atom is 0.329 e. The maximum absolute atomic E-state index is 11.8. The Morgan fingerprint density at radius 2 is 2.12 bits per heavy atom. The van der Waals surface area contributed by atoms with Crippen LogP contribution in [0, 0.1) is 6.92 Å². The largest absolute Gasteiger partial charge is 0.480 e. The van der Waals surface area contributed by atoms with Gasteiger partial charge < -0.3 is 10.4 Å². The summed E-state index contributed by atoms with van der Waals surface area (Å²) in [5.74, 6) is -1.53. The summed E-state index contributed by atoms with van der Waals surface area (Å²) in [6.07, 6.45) is 0.305. The highest BCUT2D eigenvalue weighted by atomic mass is 16.4. The topological polar surface area (TPSA) is 79.3 Å². The molecule has 0 aliphatic heterocycles. The van der Waals surface area contributed by atoms with Gasteiger partial charge in [-0.25, -0.2) is 9.78 Å². The Morgan fingerprint density at radius 1 is 1.47 bits per heavy atom. The van der Waals surface area contributed by atoms with Crippen LogP contribution in [0.1, 0.15) is 36.5 Å². The minimum Gasteiger partial charge on any atom is -0.480 e. The number of pyridine rings is 1. The van der Waals surface area contributed by atoms with Gasteiger partial charge in [0.1, 0.15) is 11.2 Å². The Labute approximate surface area is 99.9 Å². The molecule has 1 aromatic rings. The van der Waals surface area contributed by atoms with Crippen LogP contribution < -0.4 is 5.32 Å². The number of carboxylic acid groups (broad SMARTS) is 1. The molecule has 2 N–H and O–H groups in total. The lowest BCUT2D eigenvalue weighted by Gasteiger charge is -2.24. The second-order valence-electron chi connectivity index (χ2n) is 4.11. The molecule has 92 valence electrons. The Kier molecular flexibility index (Phi) is 3.83. The molecule has 0 aliphatic rings. The lowest BCUT2D eigenvalue weighted by atomic mass is 9.99. The fourth-order valence-corrected chi connectivity index (χ4v) is 1.28. The zero-order valence-corrected chi connectivity index (χ0v) is 10.2. The number of rotatable bonds is 4. The molecule has 0 saturated heterocycles. The molecule has 1 atom stereocenters. The third-order valence-electron chi connectivity index (χ3n) is 2.69. The molecule has 1 amide bonds. The number of nitrogens with one attached hydrogen (secondary N) is 1. The molecular weight excluding hydrogens is 220 g/mol. The van der Waals surface area contributed by atoms with Crippen LogP contribution in [0.2, 0.25) is 0 Å². The summed E-state index contributed by atoms with van der Waals surface area (Å²) in [6, 6.07) is 5.04. The van der Waals surface area contributed by atoms with E-state index in [0.717, 1.165) is 0 Å². The number of aryl methyl sites for hydroxylation is 1. The summed E-state index contributed by atoms with van der Waals surface area (Å²) in [5.41, 5.74) is -0.320. The number of nitrogens with zero attached hydrogens (tertiary/aromatic N) is 1. The highest BCUT2D eigenvalue weighted by Gasteiger charge is 2.33. The third kappa shape index (κ3) is 3.03. The summed E-state index contributed by atoms with van der Waals surface area (Å²) in [4.78, 5) is 26.9. The average molecular weight is 236 g/mol. The van der Waals surface area contributed by atoms with Gasteiger partial charge in [-0.1, -0.05) is 13.0 Å². The normalized spacial score (nSPS) is 13.8. The van der Waals surface area contributed by atoms with Gasteiger partial charge in [-0.05, 0) is 32.4 Å². The van der Waals surface area contributed by atoms with Crippen LogP contribution in [0.5, 0.6) is 0 Å². The Morgan fingerprint density at radius 3 is 2.59 bits per heavy atom. The average Bonchev–Trinajstić information content (AvgIpc) is 2.28. The van der Waals surface area contributed by atoms with Crippen LogP contribution in [-0.2, 0) is 4.79 Å². The summed E-state index contributed by atoms with van der Waals surface area (Å²) in [6.45, 7) is 4.95. The first-order chi connectivity index (χ1) is 7.89. The van der Waals surface area contributed by atoms with E-state index in [2.05, 4.69) is 10.3 Å². The number of aliphatic carboxylic acids is 1. The van der Waals surface area contributed by atoms with Crippen molar-refractivity contribution in [3.8, 4) is 0 Å². The van der Waals surface area contributed by atoms with Crippen molar-refractivity contribution in [2.75, 3.05) is 0 Å². The van der Waals surface area contributed by atoms with Gasteiger partial charge in [0.2, 0.25) is 0 Å². The Hall–Kier alpha value is -1.91. The number of carbonyl (C=O) groups is 2. The second kappa shape index (κ2) is 4.95. The van der Waals surface area contributed by atoms with Gasteiger partial charge in [0.25, 0.3) is 5.91 Å². The highest BCUT2D eigenvalue weighted by molar-refractivity contribution is 5.96. The van der Waals surface area contributed by atoms with Gasteiger partial charge in [-0.3, -0.25) is 4.79 Å². The molecule has 0 saturated carbocycles. The lowest BCUT2D eigenvalue weighted by molar-refractivity contribution is -0.143. The van der Waals surface area contributed by atoms with Crippen LogP contribution in [0.15, 0.2) is 18.2 Å². The van der Waals surface area contributed by atoms with Crippen molar-refractivity contribution in [3.05, 3.63) is 29.6 Å². The minimum absolute atomic E-state index is 0.228. The van der Waals surface area contributed by atoms with E-state index in [1.165, 1.54) is 6.92 Å². The number of hydrogen-bond acceptors (Lipinski definition) is 3. The smallest absolute Gasteiger partial charge is 0.329 e. The summed E-state index contributed by atoms with van der Waals surface area (Å²) in [7, 11) is 0. The van der Waals surface area contributed by atoms with Crippen molar-refractivity contribution in [1.29, 1.82) is 0 Å². The van der Waals surface area contributed by atoms with Crippen molar-refractivity contribution in [2.24, 2.45) is 0 Å². The van der Waals surface area contributed by atoms with Crippen LogP contribution in [0.25, 0.3) is 0 Å². The Bertz CT molecular complexity index is 445. The van der Waals surface area contributed by atoms with E-state index in [1.807, 2.05) is 0 Å². The van der Waals surface area contributed by atoms with E-state index in [-0.39, 0.29) is 5.69 Å². The summed E-state index contributed by atoms with van der Waals surface area (Å²) >= 11 is 0. The number of aromatic nitrogens is 1. The molecule has 0 aliphatic carbocycles. The van der Waals surface area contributed by atoms with Crippen molar-refractivity contribution in [3.63, 3.8) is 0 Å². The first-order valence-electron chi connectivity index (χ1n) is 5.38. The molecule has 0 spiro atoms. The molecule has 1 aromatic heterocycles. The van der Waals surface area contributed by atoms with E-state index in [4.69, 9.17) is 5.11 Å². The lowest BCUT2D eigenvalue weighted by Crippen LogP contribution is -2.51. The van der Waals surface area contributed by atoms with Crippen LogP contribution in [-0.4, -0.2) is 27.5 Å². The van der Waals surface area contributed by atoms with E-state index in [9.17, 15) is 9.59 Å². The molecule has 1 rings (SSSR count). The number of amides is 1. The fourth-order valence-electron chi connectivity index (χ4n) is 1.28. The monoisotopic (exact) mass is 236 g/mol. The molecule has 1 heterocycles. The molecule has 0 aromatic carbocycles. The van der Waals surface area contributed by atoms with Crippen LogP contribution in [0.4, 0.5) is 0 Å². The van der Waals surface area contributed by atoms with Crippen LogP contribution >= 0.6 is 0 Å². The van der Waals surface area contributed by atoms with E-state index < -0.39 is 17.4 Å². The maximum atomic E-state index is 11.8. The molecule has 1 unspecified atom stereocenters. The fraction of sp³-hybridized carbons (Fsp3) is 0.417. The van der Waals surface area contributed by atoms with Crippen molar-refractivity contribution in [2.45, 2.75) is 32.7 Å². The number of hydrogen-bond donors (Lipinski definition) is 2. The van der Waals surface area contributed by atoms with Crippen molar-refractivity contribution < 1.29 is 14.7 Å². The Balaban J connectivity index is 2.89. The van der Waals surface area contributed by atoms with E-state index in [1.54, 1.807) is 32.0 Å². The highest BCUT2D eigenvalue weighted by Crippen LogP contribution is 2.10. The molecule has 5 nitrogen and oxygen atoms in total. The summed E-state index contributed by atoms with van der Waals surface area (Å²) in [5, 5.41) is 11.5. The zero-order valence-electron chi connectivity index (χ0n) is 10.2. The van der Waals surface area contributed by atoms with Gasteiger partial charge in [0.15, 0.2) is 0 Å². The van der Waals surface area contributed by atoms with Gasteiger partial charge in [-0.2, -0.15) is 0 Å². The first-order valence-corrected chi connectivity index (χ1v) is 5.38. The predicted octanol–water partition coefficient (Wildman–Crippen LogP) is 1.37. The van der Waals surface area contributed by atoms with Crippen LogP contribution in [0.3, 0.4) is 0 Å². The zero-order chi connectivity index (χ0) is 13.1. The van der Waals surface area contributed by atoms with Gasteiger partial charge in [-0.15, -0.1) is 0 Å². The molecular formula is C12H16N2O3. The standard InChI is InChI=1S/C12H16N2O3/c1-4-12(3,11(16)17)14-10(15)9-7-5-6-8(2)13-9/h5-7H,4H2,1-3H3,(H,14,15)(H,16,17). The molecule has 5 heteroatoms. The van der Waals surface area contributed by atoms with Crippen molar-refractivity contribution >= 4 is 11.9 Å². The quantitative estimate of drug-likeness (QED) is 0.827. The first kappa shape index (κ1) is 13.2. The molecule has 17 heavy (non-hydrogen) atoms. The minimum atomic E-state index is -1.26. The molecule has 0 radical (unpaired) electrons. The number of carboxylic acids is 1. The number of carbonyl (C=O) groups excluding carboxylic acids is 1. The molecule has 0 fully saturated rings. The third-order valence-corrected chi connectivity index (χ3v) is 2.69.